The van der Waals surface area contributed by atoms with Gasteiger partial charge in [-0.2, -0.15) is 0 Å². The Labute approximate surface area is 168 Å². The second-order valence-electron chi connectivity index (χ2n) is 6.74. The van der Waals surface area contributed by atoms with Crippen molar-refractivity contribution in [2.75, 3.05) is 11.9 Å². The van der Waals surface area contributed by atoms with Gasteiger partial charge in [-0.15, -0.1) is 0 Å². The van der Waals surface area contributed by atoms with Crippen LogP contribution in [0.3, 0.4) is 0 Å². The fourth-order valence-corrected chi connectivity index (χ4v) is 4.18. The molecule has 29 heavy (non-hydrogen) atoms. The van der Waals surface area contributed by atoms with Crippen molar-refractivity contribution in [2.24, 2.45) is 5.92 Å². The Morgan fingerprint density at radius 3 is 2.76 bits per heavy atom. The van der Waals surface area contributed by atoms with Crippen molar-refractivity contribution in [3.8, 4) is 5.75 Å². The van der Waals surface area contributed by atoms with Crippen LogP contribution in [0.25, 0.3) is 0 Å². The van der Waals surface area contributed by atoms with Gasteiger partial charge in [0, 0.05) is 5.69 Å². The number of rotatable bonds is 6. The first-order valence-electron chi connectivity index (χ1n) is 9.15. The Kier molecular flexibility index (Phi) is 5.37. The zero-order valence-electron chi connectivity index (χ0n) is 15.5. The lowest BCUT2D eigenvalue weighted by Crippen LogP contribution is -2.32. The molecule has 1 aliphatic heterocycles. The van der Waals surface area contributed by atoms with Crippen LogP contribution in [-0.4, -0.2) is 20.9 Å². The van der Waals surface area contributed by atoms with Crippen molar-refractivity contribution < 1.29 is 22.4 Å². The number of para-hydroxylation sites is 1. The van der Waals surface area contributed by atoms with Crippen LogP contribution in [-0.2, 0) is 27.8 Å². The van der Waals surface area contributed by atoms with Crippen LogP contribution in [0.15, 0.2) is 76.2 Å². The molecule has 8 heteroatoms. The second kappa shape index (κ2) is 8.10. The number of anilines is 1. The molecular weight excluding hydrogens is 392 g/mol. The number of benzene rings is 2. The molecule has 0 bridgehead atoms. The van der Waals surface area contributed by atoms with Gasteiger partial charge in [-0.3, -0.25) is 4.79 Å². The SMILES string of the molecule is O=C(Nc1cccc(S(=O)(=O)NCc2ccco2)c1)C1COc2ccccc2C1. The largest absolute Gasteiger partial charge is 0.492 e. The van der Waals surface area contributed by atoms with Crippen LogP contribution < -0.4 is 14.8 Å². The van der Waals surface area contributed by atoms with Crippen molar-refractivity contribution in [1.82, 2.24) is 4.72 Å². The Morgan fingerprint density at radius 2 is 1.93 bits per heavy atom. The van der Waals surface area contributed by atoms with Gasteiger partial charge in [-0.05, 0) is 48.4 Å². The third-order valence-electron chi connectivity index (χ3n) is 4.68. The number of ether oxygens (including phenoxy) is 1. The lowest BCUT2D eigenvalue weighted by Gasteiger charge is -2.24. The van der Waals surface area contributed by atoms with Gasteiger partial charge in [0.05, 0.1) is 23.6 Å². The minimum atomic E-state index is -3.75. The van der Waals surface area contributed by atoms with Crippen LogP contribution in [0.4, 0.5) is 5.69 Å². The number of furan rings is 1. The average Bonchev–Trinajstić information content (AvgIpc) is 3.26. The molecule has 1 amide bonds. The maximum atomic E-state index is 12.7. The summed E-state index contributed by atoms with van der Waals surface area (Å²) >= 11 is 0. The van der Waals surface area contributed by atoms with Crippen LogP contribution in [0, 0.1) is 5.92 Å². The van der Waals surface area contributed by atoms with Gasteiger partial charge in [-0.1, -0.05) is 24.3 Å². The summed E-state index contributed by atoms with van der Waals surface area (Å²) in [5.74, 6) is 0.753. The number of nitrogens with one attached hydrogen (secondary N) is 2. The van der Waals surface area contributed by atoms with Gasteiger partial charge in [-0.25, -0.2) is 13.1 Å². The molecule has 0 saturated carbocycles. The lowest BCUT2D eigenvalue weighted by atomic mass is 9.96. The Hall–Kier alpha value is -3.10. The molecule has 1 aliphatic rings. The number of sulfonamides is 1. The third kappa shape index (κ3) is 4.49. The van der Waals surface area contributed by atoms with Gasteiger partial charge in [0.25, 0.3) is 0 Å². The number of fused-ring (bicyclic) bond motifs is 1. The molecule has 0 saturated heterocycles. The fourth-order valence-electron chi connectivity index (χ4n) is 3.14. The van der Waals surface area contributed by atoms with E-state index in [1.807, 2.05) is 24.3 Å². The van der Waals surface area contributed by atoms with Crippen molar-refractivity contribution >= 4 is 21.6 Å². The predicted molar refractivity (Wildman–Crippen MR) is 107 cm³/mol. The number of hydrogen-bond acceptors (Lipinski definition) is 5. The summed E-state index contributed by atoms with van der Waals surface area (Å²) in [5.41, 5.74) is 1.40. The summed E-state index contributed by atoms with van der Waals surface area (Å²) in [6.07, 6.45) is 2.05. The second-order valence-corrected chi connectivity index (χ2v) is 8.51. The molecule has 2 N–H and O–H groups in total. The third-order valence-corrected chi connectivity index (χ3v) is 6.08. The average molecular weight is 412 g/mol. The Balaban J connectivity index is 1.43. The highest BCUT2D eigenvalue weighted by Crippen LogP contribution is 2.27. The molecule has 1 atom stereocenters. The Morgan fingerprint density at radius 1 is 1.07 bits per heavy atom. The van der Waals surface area contributed by atoms with E-state index in [1.54, 1.807) is 24.3 Å². The van der Waals surface area contributed by atoms with Crippen molar-refractivity contribution in [1.29, 1.82) is 0 Å². The first kappa shape index (κ1) is 19.2. The van der Waals surface area contributed by atoms with Crippen LogP contribution in [0.2, 0.25) is 0 Å². The maximum Gasteiger partial charge on any atom is 0.241 e. The molecule has 0 radical (unpaired) electrons. The summed E-state index contributed by atoms with van der Waals surface area (Å²) < 4.78 is 38.3. The zero-order valence-corrected chi connectivity index (χ0v) is 16.3. The van der Waals surface area contributed by atoms with Gasteiger partial charge >= 0.3 is 0 Å². The highest BCUT2D eigenvalue weighted by Gasteiger charge is 2.26. The zero-order chi connectivity index (χ0) is 20.3. The molecule has 2 heterocycles. The van der Waals surface area contributed by atoms with E-state index in [4.69, 9.17) is 9.15 Å². The van der Waals surface area contributed by atoms with E-state index in [9.17, 15) is 13.2 Å². The first-order chi connectivity index (χ1) is 14.0. The number of carbonyl (C=O) groups excluding carboxylic acids is 1. The van der Waals surface area contributed by atoms with E-state index < -0.39 is 10.0 Å². The molecule has 0 aliphatic carbocycles. The molecule has 150 valence electrons. The lowest BCUT2D eigenvalue weighted by molar-refractivity contribution is -0.121. The molecular formula is C21H20N2O5S. The molecule has 1 aromatic heterocycles. The summed E-state index contributed by atoms with van der Waals surface area (Å²) in [6.45, 7) is 0.330. The number of amides is 1. The molecule has 0 spiro atoms. The highest BCUT2D eigenvalue weighted by atomic mass is 32.2. The minimum Gasteiger partial charge on any atom is -0.492 e. The van der Waals surface area contributed by atoms with E-state index in [0.29, 0.717) is 17.9 Å². The summed E-state index contributed by atoms with van der Waals surface area (Å²) in [4.78, 5) is 12.7. The van der Waals surface area contributed by atoms with Crippen LogP contribution in [0.5, 0.6) is 5.75 Å². The molecule has 7 nitrogen and oxygen atoms in total. The smallest absolute Gasteiger partial charge is 0.241 e. The quantitative estimate of drug-likeness (QED) is 0.649. The summed E-state index contributed by atoms with van der Waals surface area (Å²) in [7, 11) is -3.75. The summed E-state index contributed by atoms with van der Waals surface area (Å²) in [5, 5.41) is 2.79. The standard InChI is InChI=1S/C21H20N2O5S/c24-21(16-11-15-5-1-2-9-20(15)28-14-16)23-17-6-3-8-19(12-17)29(25,26)22-13-18-7-4-10-27-18/h1-10,12,16,22H,11,13-14H2,(H,23,24). The van der Waals surface area contributed by atoms with Crippen molar-refractivity contribution in [3.05, 3.63) is 78.3 Å². The van der Waals surface area contributed by atoms with E-state index in [1.165, 1.54) is 18.4 Å². The molecule has 2 aromatic carbocycles. The maximum absolute atomic E-state index is 12.7. The van der Waals surface area contributed by atoms with Gasteiger partial charge < -0.3 is 14.5 Å². The van der Waals surface area contributed by atoms with Gasteiger partial charge in [0.15, 0.2) is 0 Å². The molecule has 4 rings (SSSR count). The first-order valence-corrected chi connectivity index (χ1v) is 10.6. The predicted octanol–water partition coefficient (Wildman–Crippen LogP) is 2.95. The Bertz CT molecular complexity index is 1110. The van der Waals surface area contributed by atoms with Crippen molar-refractivity contribution in [3.63, 3.8) is 0 Å². The highest BCUT2D eigenvalue weighted by molar-refractivity contribution is 7.89. The van der Waals surface area contributed by atoms with Gasteiger partial charge in [0.1, 0.15) is 18.1 Å². The molecule has 1 unspecified atom stereocenters. The van der Waals surface area contributed by atoms with Crippen molar-refractivity contribution in [2.45, 2.75) is 17.9 Å². The van der Waals surface area contributed by atoms with E-state index in [0.717, 1.165) is 11.3 Å². The van der Waals surface area contributed by atoms with Crippen LogP contribution in [0.1, 0.15) is 11.3 Å². The number of hydrogen-bond donors (Lipinski definition) is 2. The minimum absolute atomic E-state index is 0.0464. The molecule has 0 fully saturated rings. The van der Waals surface area contributed by atoms with Gasteiger partial charge in [0.2, 0.25) is 15.9 Å². The fraction of sp³-hybridized carbons (Fsp3) is 0.190. The van der Waals surface area contributed by atoms with E-state index in [-0.39, 0.29) is 29.9 Å². The topological polar surface area (TPSA) is 97.6 Å². The normalized spacial score (nSPS) is 15.9. The monoisotopic (exact) mass is 412 g/mol. The number of carbonyl (C=O) groups is 1. The van der Waals surface area contributed by atoms with Crippen LogP contribution >= 0.6 is 0 Å². The van der Waals surface area contributed by atoms with E-state index >= 15 is 0 Å². The molecule has 3 aromatic rings. The van der Waals surface area contributed by atoms with E-state index in [2.05, 4.69) is 10.0 Å². The summed E-state index contributed by atoms with van der Waals surface area (Å²) in [6, 6.07) is 17.1.